The quantitative estimate of drug-likeness (QED) is 0.434. The van der Waals surface area contributed by atoms with Gasteiger partial charge in [0.05, 0.1) is 5.69 Å². The van der Waals surface area contributed by atoms with E-state index >= 15 is 0 Å². The average Bonchev–Trinajstić information content (AvgIpc) is 2.60. The summed E-state index contributed by atoms with van der Waals surface area (Å²) in [4.78, 5) is 2.15. The van der Waals surface area contributed by atoms with E-state index in [2.05, 4.69) is 21.2 Å². The van der Waals surface area contributed by atoms with E-state index in [1.165, 1.54) is 6.07 Å². The number of benzene rings is 3. The molecule has 128 valence electrons. The first kappa shape index (κ1) is 18.1. The van der Waals surface area contributed by atoms with Gasteiger partial charge in [-0.1, -0.05) is 57.5 Å². The molecular formula is C19H14BrClFNOS. The summed E-state index contributed by atoms with van der Waals surface area (Å²) >= 11 is 10.8. The fourth-order valence-electron chi connectivity index (χ4n) is 2.27. The monoisotopic (exact) mass is 437 g/mol. The third kappa shape index (κ3) is 4.69. The molecule has 0 aliphatic heterocycles. The molecule has 3 aromatic rings. The van der Waals surface area contributed by atoms with Crippen LogP contribution in [0.3, 0.4) is 0 Å². The summed E-state index contributed by atoms with van der Waals surface area (Å²) in [5.41, 5.74) is 1.39. The van der Waals surface area contributed by atoms with Crippen LogP contribution in [0.1, 0.15) is 5.56 Å². The van der Waals surface area contributed by atoms with Gasteiger partial charge in [0.25, 0.3) is 0 Å². The lowest BCUT2D eigenvalue weighted by molar-refractivity contribution is 0.434. The molecule has 0 aliphatic carbocycles. The van der Waals surface area contributed by atoms with E-state index in [-0.39, 0.29) is 5.75 Å². The van der Waals surface area contributed by atoms with Gasteiger partial charge in [0, 0.05) is 25.8 Å². The van der Waals surface area contributed by atoms with Gasteiger partial charge in [-0.25, -0.2) is 4.39 Å². The van der Waals surface area contributed by atoms with Gasteiger partial charge in [0.2, 0.25) is 0 Å². The molecule has 0 heterocycles. The third-order valence-electron chi connectivity index (χ3n) is 3.51. The van der Waals surface area contributed by atoms with Gasteiger partial charge in [-0.05, 0) is 48.0 Å². The Morgan fingerprint density at radius 1 is 1.08 bits per heavy atom. The minimum Gasteiger partial charge on any atom is -0.503 e. The van der Waals surface area contributed by atoms with Crippen LogP contribution in [-0.2, 0) is 6.54 Å². The van der Waals surface area contributed by atoms with Crippen molar-refractivity contribution in [2.45, 2.75) is 16.3 Å². The molecule has 0 amide bonds. The minimum absolute atomic E-state index is 0.346. The zero-order valence-electron chi connectivity index (χ0n) is 13.0. The van der Waals surface area contributed by atoms with E-state index in [0.717, 1.165) is 15.4 Å². The number of halogens is 3. The molecule has 0 unspecified atom stereocenters. The first-order valence-corrected chi connectivity index (χ1v) is 9.45. The first-order valence-electron chi connectivity index (χ1n) is 7.46. The van der Waals surface area contributed by atoms with E-state index in [1.54, 1.807) is 17.8 Å². The highest BCUT2D eigenvalue weighted by Crippen LogP contribution is 2.34. The zero-order chi connectivity index (χ0) is 17.8. The van der Waals surface area contributed by atoms with Crippen molar-refractivity contribution in [2.75, 3.05) is 5.32 Å². The van der Waals surface area contributed by atoms with Crippen LogP contribution in [0.2, 0.25) is 5.02 Å². The molecule has 0 spiro atoms. The number of hydrogen-bond donors (Lipinski definition) is 2. The molecule has 0 atom stereocenters. The second kappa shape index (κ2) is 8.13. The van der Waals surface area contributed by atoms with Gasteiger partial charge in [-0.2, -0.15) is 0 Å². The SMILES string of the molecule is Oc1c(F)cc(Br)cc1NCc1ccccc1Sc1ccc(Cl)cc1. The molecule has 0 radical (unpaired) electrons. The van der Waals surface area contributed by atoms with E-state index in [1.807, 2.05) is 48.5 Å². The maximum absolute atomic E-state index is 13.6. The lowest BCUT2D eigenvalue weighted by Gasteiger charge is -2.13. The summed E-state index contributed by atoms with van der Waals surface area (Å²) in [7, 11) is 0. The maximum Gasteiger partial charge on any atom is 0.175 e. The highest BCUT2D eigenvalue weighted by Gasteiger charge is 2.10. The van der Waals surface area contributed by atoms with Crippen LogP contribution < -0.4 is 5.32 Å². The van der Waals surface area contributed by atoms with Crippen LogP contribution in [0.4, 0.5) is 10.1 Å². The predicted molar refractivity (Wildman–Crippen MR) is 105 cm³/mol. The van der Waals surface area contributed by atoms with E-state index < -0.39 is 5.82 Å². The van der Waals surface area contributed by atoms with E-state index in [9.17, 15) is 9.50 Å². The number of hydrogen-bond acceptors (Lipinski definition) is 3. The third-order valence-corrected chi connectivity index (χ3v) is 5.35. The molecule has 0 bridgehead atoms. The van der Waals surface area contributed by atoms with Gasteiger partial charge < -0.3 is 10.4 Å². The zero-order valence-corrected chi connectivity index (χ0v) is 16.1. The Kier molecular flexibility index (Phi) is 5.89. The van der Waals surface area contributed by atoms with Crippen molar-refractivity contribution in [2.24, 2.45) is 0 Å². The fourth-order valence-corrected chi connectivity index (χ4v) is 3.77. The molecule has 0 aliphatic rings. The molecule has 2 nitrogen and oxygen atoms in total. The number of rotatable bonds is 5. The Balaban J connectivity index is 1.78. The summed E-state index contributed by atoms with van der Waals surface area (Å²) in [6.07, 6.45) is 0. The lowest BCUT2D eigenvalue weighted by Crippen LogP contribution is -2.02. The normalized spacial score (nSPS) is 10.7. The van der Waals surface area contributed by atoms with Gasteiger partial charge >= 0.3 is 0 Å². The van der Waals surface area contributed by atoms with Gasteiger partial charge in [-0.15, -0.1) is 0 Å². The molecule has 3 rings (SSSR count). The first-order chi connectivity index (χ1) is 12.0. The number of aromatic hydroxyl groups is 1. The second-order valence-electron chi connectivity index (χ2n) is 5.30. The van der Waals surface area contributed by atoms with Crippen molar-refractivity contribution < 1.29 is 9.50 Å². The number of phenolic OH excluding ortho intramolecular Hbond substituents is 1. The van der Waals surface area contributed by atoms with Gasteiger partial charge in [0.15, 0.2) is 11.6 Å². The van der Waals surface area contributed by atoms with Crippen LogP contribution in [0.15, 0.2) is 74.9 Å². The van der Waals surface area contributed by atoms with E-state index in [4.69, 9.17) is 11.6 Å². The number of nitrogens with one attached hydrogen (secondary N) is 1. The Morgan fingerprint density at radius 2 is 1.80 bits per heavy atom. The molecule has 0 saturated heterocycles. The summed E-state index contributed by atoms with van der Waals surface area (Å²) in [6, 6.07) is 18.5. The lowest BCUT2D eigenvalue weighted by atomic mass is 10.2. The summed E-state index contributed by atoms with van der Waals surface area (Å²) in [5.74, 6) is -1.05. The average molecular weight is 439 g/mol. The predicted octanol–water partition coefficient (Wildman–Crippen LogP) is 6.71. The van der Waals surface area contributed by atoms with Crippen molar-refractivity contribution in [3.05, 3.63) is 81.5 Å². The molecule has 0 aromatic heterocycles. The minimum atomic E-state index is -0.666. The van der Waals surface area contributed by atoms with E-state index in [0.29, 0.717) is 21.7 Å². The van der Waals surface area contributed by atoms with Crippen LogP contribution >= 0.6 is 39.3 Å². The van der Waals surface area contributed by atoms with Crippen LogP contribution in [0, 0.1) is 5.82 Å². The molecule has 2 N–H and O–H groups in total. The summed E-state index contributed by atoms with van der Waals surface area (Å²) < 4.78 is 14.2. The van der Waals surface area contributed by atoms with Crippen LogP contribution in [0.5, 0.6) is 5.75 Å². The Morgan fingerprint density at radius 3 is 2.56 bits per heavy atom. The smallest absolute Gasteiger partial charge is 0.175 e. The van der Waals surface area contributed by atoms with Crippen LogP contribution in [-0.4, -0.2) is 5.11 Å². The van der Waals surface area contributed by atoms with Crippen molar-refractivity contribution in [1.29, 1.82) is 0 Å². The van der Waals surface area contributed by atoms with Crippen molar-refractivity contribution in [3.8, 4) is 5.75 Å². The Hall–Kier alpha value is -1.69. The molecular weight excluding hydrogens is 425 g/mol. The topological polar surface area (TPSA) is 32.3 Å². The molecule has 0 saturated carbocycles. The second-order valence-corrected chi connectivity index (χ2v) is 7.77. The fraction of sp³-hybridized carbons (Fsp3) is 0.0526. The maximum atomic E-state index is 13.6. The molecule has 0 fully saturated rings. The van der Waals surface area contributed by atoms with Crippen molar-refractivity contribution in [1.82, 2.24) is 0 Å². The molecule has 25 heavy (non-hydrogen) atoms. The highest BCUT2D eigenvalue weighted by molar-refractivity contribution is 9.10. The summed E-state index contributed by atoms with van der Waals surface area (Å²) in [5, 5.41) is 13.6. The van der Waals surface area contributed by atoms with Crippen molar-refractivity contribution in [3.63, 3.8) is 0 Å². The molecule has 6 heteroatoms. The van der Waals surface area contributed by atoms with Gasteiger partial charge in [-0.3, -0.25) is 0 Å². The largest absolute Gasteiger partial charge is 0.503 e. The Bertz CT molecular complexity index is 889. The van der Waals surface area contributed by atoms with Gasteiger partial charge in [0.1, 0.15) is 0 Å². The Labute approximate surface area is 163 Å². The number of anilines is 1. The number of phenols is 1. The highest BCUT2D eigenvalue weighted by atomic mass is 79.9. The summed E-state index contributed by atoms with van der Waals surface area (Å²) in [6.45, 7) is 0.459. The van der Waals surface area contributed by atoms with Crippen LogP contribution in [0.25, 0.3) is 0 Å². The van der Waals surface area contributed by atoms with Crippen molar-refractivity contribution >= 4 is 45.0 Å². The molecule has 3 aromatic carbocycles. The standard InChI is InChI=1S/C19H14BrClFNOS/c20-13-9-16(22)19(24)17(10-13)23-11-12-3-1-2-4-18(12)25-15-7-5-14(21)6-8-15/h1-10,23-24H,11H2.